The van der Waals surface area contributed by atoms with Crippen molar-refractivity contribution in [3.8, 4) is 0 Å². The highest BCUT2D eigenvalue weighted by Crippen LogP contribution is 2.39. The van der Waals surface area contributed by atoms with Gasteiger partial charge in [0.05, 0.1) is 0 Å². The summed E-state index contributed by atoms with van der Waals surface area (Å²) in [5, 5.41) is 0. The maximum atomic E-state index is 11.6. The second kappa shape index (κ2) is 3.03. The van der Waals surface area contributed by atoms with Gasteiger partial charge in [-0.2, -0.15) is 22.0 Å². The van der Waals surface area contributed by atoms with Crippen LogP contribution in [0.15, 0.2) is 11.9 Å². The molecule has 0 saturated carbocycles. The van der Waals surface area contributed by atoms with Crippen LogP contribution in [0.2, 0.25) is 0 Å². The second-order valence-electron chi connectivity index (χ2n) is 1.65. The highest BCUT2D eigenvalue weighted by molar-refractivity contribution is 6.62. The van der Waals surface area contributed by atoms with Gasteiger partial charge in [0.15, 0.2) is 0 Å². The van der Waals surface area contributed by atoms with Crippen LogP contribution in [0, 0.1) is 0 Å². The Hall–Kier alpha value is -0.603. The van der Waals surface area contributed by atoms with Gasteiger partial charge in [0.25, 0.3) is 0 Å². The molecule has 0 saturated heterocycles. The molecule has 0 bridgehead atoms. The number of rotatable bonds is 2. The van der Waals surface area contributed by atoms with Crippen molar-refractivity contribution in [3.05, 3.63) is 11.9 Å². The average molecular weight is 216 g/mol. The van der Waals surface area contributed by atoms with Crippen LogP contribution in [-0.2, 0) is 0 Å². The Balaban J connectivity index is 5.01. The smallest absolute Gasteiger partial charge is 0.234 e. The molecule has 0 aliphatic rings. The summed E-state index contributed by atoms with van der Waals surface area (Å²) in [6.07, 6.45) is -3.65. The average Bonchev–Trinajstić information content (AvgIpc) is 1.83. The van der Waals surface area contributed by atoms with Gasteiger partial charge in [0.2, 0.25) is 5.83 Å². The molecule has 0 spiro atoms. The molecule has 9 heteroatoms. The summed E-state index contributed by atoms with van der Waals surface area (Å²) in [7, 11) is -7.76. The van der Waals surface area contributed by atoms with Crippen molar-refractivity contribution in [1.82, 2.24) is 0 Å². The van der Waals surface area contributed by atoms with E-state index in [0.717, 1.165) is 0 Å². The number of hydrogen-bond acceptors (Lipinski definition) is 0. The Morgan fingerprint density at radius 1 is 0.917 bits per heavy atom. The first-order valence-electron chi connectivity index (χ1n) is 2.26. The molecule has 0 atom stereocenters. The molecule has 0 N–H and O–H groups in total. The predicted molar refractivity (Wildman–Crippen MR) is 24.4 cm³/mol. The van der Waals surface area contributed by atoms with E-state index in [0.29, 0.717) is 0 Å². The van der Waals surface area contributed by atoms with Crippen LogP contribution in [-0.4, -0.2) is 14.6 Å². The summed E-state index contributed by atoms with van der Waals surface area (Å²) in [6.45, 7) is 0. The first kappa shape index (κ1) is 11.4. The van der Waals surface area contributed by atoms with E-state index < -0.39 is 26.5 Å². The highest BCUT2D eigenvalue weighted by atomic mass is 28.5. The van der Waals surface area contributed by atoms with Crippen molar-refractivity contribution in [2.24, 2.45) is 0 Å². The fourth-order valence-corrected chi connectivity index (χ4v) is 0.586. The Labute approximate surface area is 62.0 Å². The lowest BCUT2D eigenvalue weighted by atomic mass is 10.6. The van der Waals surface area contributed by atoms with E-state index in [1.807, 2.05) is 0 Å². The van der Waals surface area contributed by atoms with E-state index in [1.165, 1.54) is 0 Å². The molecule has 0 aliphatic heterocycles. The fraction of sp³-hybridized carbons (Fsp3) is 0.333. The van der Waals surface area contributed by atoms with Crippen LogP contribution < -0.4 is 0 Å². The van der Waals surface area contributed by atoms with Gasteiger partial charge in [-0.05, 0) is 0 Å². The Bertz CT molecular complexity index is 197. The molecule has 0 unspecified atom stereocenters. The zero-order valence-electron chi connectivity index (χ0n) is 5.02. The topological polar surface area (TPSA) is 0 Å². The van der Waals surface area contributed by atoms with Crippen LogP contribution in [0.1, 0.15) is 0 Å². The van der Waals surface area contributed by atoms with Crippen molar-refractivity contribution in [2.75, 3.05) is 0 Å². The summed E-state index contributed by atoms with van der Waals surface area (Å²) in [5.74, 6) is -3.71. The van der Waals surface area contributed by atoms with Crippen LogP contribution in [0.4, 0.5) is 34.3 Å². The number of alkyl halides is 2. The highest BCUT2D eigenvalue weighted by Gasteiger charge is 2.69. The molecule has 0 aromatic heterocycles. The first-order chi connectivity index (χ1) is 5.10. The molecule has 0 amide bonds. The largest absolute Gasteiger partial charge is 0.698 e. The second-order valence-corrected chi connectivity index (χ2v) is 3.27. The van der Waals surface area contributed by atoms with Crippen molar-refractivity contribution in [3.63, 3.8) is 0 Å². The molecular formula is C3F8Si. The minimum Gasteiger partial charge on any atom is -0.234 e. The quantitative estimate of drug-likeness (QED) is 0.378. The molecule has 12 heavy (non-hydrogen) atoms. The van der Waals surface area contributed by atoms with Crippen molar-refractivity contribution < 1.29 is 34.3 Å². The third-order valence-corrected chi connectivity index (χ3v) is 1.73. The van der Waals surface area contributed by atoms with Crippen LogP contribution in [0.3, 0.4) is 0 Å². The lowest BCUT2D eigenvalue weighted by molar-refractivity contribution is 0.0475. The molecule has 0 radical (unpaired) electrons. The van der Waals surface area contributed by atoms with E-state index in [1.54, 1.807) is 0 Å². The minimum absolute atomic E-state index is 3.65. The van der Waals surface area contributed by atoms with E-state index in [4.69, 9.17) is 0 Å². The van der Waals surface area contributed by atoms with Gasteiger partial charge < -0.3 is 0 Å². The van der Waals surface area contributed by atoms with E-state index in [2.05, 4.69) is 0 Å². The molecule has 0 heterocycles. The van der Waals surface area contributed by atoms with Gasteiger partial charge in [-0.1, -0.05) is 0 Å². The molecular weight excluding hydrogens is 216 g/mol. The van der Waals surface area contributed by atoms with Crippen LogP contribution in [0.5, 0.6) is 0 Å². The van der Waals surface area contributed by atoms with Crippen molar-refractivity contribution >= 4 is 9.08 Å². The van der Waals surface area contributed by atoms with Crippen LogP contribution >= 0.6 is 0 Å². The summed E-state index contributed by atoms with van der Waals surface area (Å²) < 4.78 is 90.4. The summed E-state index contributed by atoms with van der Waals surface area (Å²) >= 11 is 0. The summed E-state index contributed by atoms with van der Waals surface area (Å²) in [6, 6.07) is 0. The Morgan fingerprint density at radius 2 is 1.25 bits per heavy atom. The molecule has 0 aliphatic carbocycles. The zero-order chi connectivity index (χ0) is 10.2. The van der Waals surface area contributed by atoms with Gasteiger partial charge in [0, 0.05) is 0 Å². The van der Waals surface area contributed by atoms with Crippen LogP contribution in [0.25, 0.3) is 0 Å². The van der Waals surface area contributed by atoms with E-state index in [-0.39, 0.29) is 0 Å². The Kier molecular flexibility index (Phi) is 2.88. The fourth-order valence-electron chi connectivity index (χ4n) is 0.243. The lowest BCUT2D eigenvalue weighted by Crippen LogP contribution is -2.42. The standard InChI is InChI=1S/C3F8Si/c4-1(2(5)6)3(7,8)12(9,10)11. The van der Waals surface area contributed by atoms with E-state index in [9.17, 15) is 34.3 Å². The maximum absolute atomic E-state index is 11.6. The summed E-state index contributed by atoms with van der Waals surface area (Å²) in [4.78, 5) is 0. The van der Waals surface area contributed by atoms with Gasteiger partial charge in [-0.3, -0.25) is 0 Å². The summed E-state index contributed by atoms with van der Waals surface area (Å²) in [5.41, 5.74) is -5.98. The first-order valence-corrected chi connectivity index (χ1v) is 3.90. The molecule has 0 aromatic rings. The van der Waals surface area contributed by atoms with Gasteiger partial charge in [0.1, 0.15) is 0 Å². The van der Waals surface area contributed by atoms with Crippen molar-refractivity contribution in [2.45, 2.75) is 5.55 Å². The monoisotopic (exact) mass is 216 g/mol. The van der Waals surface area contributed by atoms with Gasteiger partial charge >= 0.3 is 20.7 Å². The normalized spacial score (nSPS) is 13.0. The molecule has 0 nitrogen and oxygen atoms in total. The van der Waals surface area contributed by atoms with E-state index >= 15 is 0 Å². The molecule has 0 rings (SSSR count). The number of hydrogen-bond donors (Lipinski definition) is 0. The third-order valence-electron chi connectivity index (χ3n) is 0.798. The zero-order valence-corrected chi connectivity index (χ0v) is 6.02. The van der Waals surface area contributed by atoms with Crippen molar-refractivity contribution in [1.29, 1.82) is 0 Å². The predicted octanol–water partition coefficient (Wildman–Crippen LogP) is 3.09. The SMILES string of the molecule is FC(F)=C(F)C(F)(F)[Si](F)(F)F. The molecule has 72 valence electrons. The third kappa shape index (κ3) is 1.96. The number of allylic oxidation sites excluding steroid dienone is 1. The Morgan fingerprint density at radius 3 is 1.33 bits per heavy atom. The van der Waals surface area contributed by atoms with Gasteiger partial charge in [-0.15, -0.1) is 0 Å². The van der Waals surface area contributed by atoms with Gasteiger partial charge in [-0.25, -0.2) is 12.3 Å². The minimum atomic E-state index is -7.76. The maximum Gasteiger partial charge on any atom is 0.698 e. The molecule has 0 fully saturated rings. The number of halogens is 8. The lowest BCUT2D eigenvalue weighted by Gasteiger charge is -2.13. The molecule has 0 aromatic carbocycles.